The molecule has 0 aromatic heterocycles. The Morgan fingerprint density at radius 3 is 2.64 bits per heavy atom. The van der Waals surface area contributed by atoms with Gasteiger partial charge in [0.05, 0.1) is 17.7 Å². The van der Waals surface area contributed by atoms with Crippen LogP contribution in [0.1, 0.15) is 40.0 Å². The number of hydrogen-bond acceptors (Lipinski definition) is 5. The Labute approximate surface area is 144 Å². The monoisotopic (exact) mass is 345 g/mol. The summed E-state index contributed by atoms with van der Waals surface area (Å²) in [7, 11) is 1.41. The summed E-state index contributed by atoms with van der Waals surface area (Å²) in [6.07, 6.45) is 2.23. The van der Waals surface area contributed by atoms with Gasteiger partial charge >= 0.3 is 5.97 Å². The van der Waals surface area contributed by atoms with Gasteiger partial charge in [0.2, 0.25) is 5.91 Å². The van der Waals surface area contributed by atoms with E-state index in [1.54, 1.807) is 11.0 Å². The highest BCUT2D eigenvalue weighted by Crippen LogP contribution is 2.25. The third-order valence-electron chi connectivity index (χ3n) is 4.62. The van der Waals surface area contributed by atoms with Crippen molar-refractivity contribution in [3.8, 4) is 0 Å². The van der Waals surface area contributed by atoms with Crippen molar-refractivity contribution >= 4 is 29.4 Å². The minimum atomic E-state index is -0.919. The number of aliphatic carboxylic acids is 1. The SMILES string of the molecule is CN1C(=O)c2ccc(NC(=O)CN3CCCCC3C(=O)O)cc2C1=O. The largest absolute Gasteiger partial charge is 0.480 e. The van der Waals surface area contributed by atoms with Crippen LogP contribution in [0.15, 0.2) is 18.2 Å². The number of fused-ring (bicyclic) bond motifs is 1. The van der Waals surface area contributed by atoms with Crippen molar-refractivity contribution in [2.24, 2.45) is 0 Å². The topological polar surface area (TPSA) is 107 Å². The van der Waals surface area contributed by atoms with Gasteiger partial charge in [0, 0.05) is 12.7 Å². The van der Waals surface area contributed by atoms with Gasteiger partial charge in [0.25, 0.3) is 11.8 Å². The minimum absolute atomic E-state index is 0.0270. The molecule has 2 heterocycles. The Hall–Kier alpha value is -2.74. The standard InChI is InChI=1S/C17H19N3O5/c1-19-15(22)11-6-5-10(8-12(11)16(19)23)18-14(21)9-20-7-3-2-4-13(20)17(24)25/h5-6,8,13H,2-4,7,9H2,1H3,(H,18,21)(H,24,25). The summed E-state index contributed by atoms with van der Waals surface area (Å²) >= 11 is 0. The number of likely N-dealkylation sites (tertiary alicyclic amines) is 1. The molecule has 2 aliphatic heterocycles. The average Bonchev–Trinajstić information content (AvgIpc) is 2.79. The predicted octanol–water partition coefficient (Wildman–Crippen LogP) is 0.790. The lowest BCUT2D eigenvalue weighted by Crippen LogP contribution is -2.47. The maximum absolute atomic E-state index is 12.3. The predicted molar refractivity (Wildman–Crippen MR) is 88.3 cm³/mol. The Bertz CT molecular complexity index is 761. The fraction of sp³-hybridized carbons (Fsp3) is 0.412. The van der Waals surface area contributed by atoms with E-state index in [4.69, 9.17) is 0 Å². The first-order chi connectivity index (χ1) is 11.9. The molecule has 8 nitrogen and oxygen atoms in total. The van der Waals surface area contributed by atoms with Crippen LogP contribution in [0.3, 0.4) is 0 Å². The second-order valence-electron chi connectivity index (χ2n) is 6.30. The van der Waals surface area contributed by atoms with Crippen LogP contribution < -0.4 is 5.32 Å². The first kappa shape index (κ1) is 17.1. The van der Waals surface area contributed by atoms with Crippen molar-refractivity contribution < 1.29 is 24.3 Å². The molecule has 1 aromatic rings. The van der Waals surface area contributed by atoms with E-state index < -0.39 is 17.9 Å². The van der Waals surface area contributed by atoms with E-state index in [1.165, 1.54) is 19.2 Å². The average molecular weight is 345 g/mol. The molecule has 3 rings (SSSR count). The molecule has 25 heavy (non-hydrogen) atoms. The summed E-state index contributed by atoms with van der Waals surface area (Å²) in [5.74, 6) is -2.04. The molecule has 1 unspecified atom stereocenters. The number of anilines is 1. The van der Waals surface area contributed by atoms with Crippen LogP contribution in [-0.2, 0) is 9.59 Å². The van der Waals surface area contributed by atoms with Gasteiger partial charge in [-0.1, -0.05) is 6.42 Å². The Kier molecular flexibility index (Phi) is 4.54. The van der Waals surface area contributed by atoms with Crippen LogP contribution in [0, 0.1) is 0 Å². The maximum Gasteiger partial charge on any atom is 0.320 e. The van der Waals surface area contributed by atoms with E-state index in [1.807, 2.05) is 0 Å². The third-order valence-corrected chi connectivity index (χ3v) is 4.62. The van der Waals surface area contributed by atoms with Crippen molar-refractivity contribution in [3.63, 3.8) is 0 Å². The quantitative estimate of drug-likeness (QED) is 0.782. The zero-order valence-electron chi connectivity index (χ0n) is 13.8. The lowest BCUT2D eigenvalue weighted by atomic mass is 10.0. The number of piperidine rings is 1. The molecule has 0 saturated carbocycles. The van der Waals surface area contributed by atoms with Crippen molar-refractivity contribution in [3.05, 3.63) is 29.3 Å². The number of imide groups is 1. The number of carbonyl (C=O) groups excluding carboxylic acids is 3. The molecule has 0 radical (unpaired) electrons. The van der Waals surface area contributed by atoms with Crippen LogP contribution in [0.4, 0.5) is 5.69 Å². The number of rotatable bonds is 4. The molecule has 1 aromatic carbocycles. The summed E-state index contributed by atoms with van der Waals surface area (Å²) in [5, 5.41) is 11.9. The molecule has 132 valence electrons. The Balaban J connectivity index is 1.69. The van der Waals surface area contributed by atoms with Crippen LogP contribution in [0.5, 0.6) is 0 Å². The fourth-order valence-corrected chi connectivity index (χ4v) is 3.28. The number of carboxylic acids is 1. The van der Waals surface area contributed by atoms with Gasteiger partial charge in [0.15, 0.2) is 0 Å². The van der Waals surface area contributed by atoms with Gasteiger partial charge in [-0.3, -0.25) is 29.0 Å². The summed E-state index contributed by atoms with van der Waals surface area (Å²) in [4.78, 5) is 50.1. The molecule has 1 atom stereocenters. The van der Waals surface area contributed by atoms with E-state index in [0.29, 0.717) is 24.2 Å². The summed E-state index contributed by atoms with van der Waals surface area (Å²) in [6, 6.07) is 3.90. The number of carboxylic acid groups (broad SMARTS) is 1. The molecule has 2 aliphatic rings. The van der Waals surface area contributed by atoms with Gasteiger partial charge in [-0.05, 0) is 37.6 Å². The second kappa shape index (κ2) is 6.64. The highest BCUT2D eigenvalue weighted by Gasteiger charge is 2.33. The molecule has 1 fully saturated rings. The normalized spacial score (nSPS) is 20.5. The van der Waals surface area contributed by atoms with Crippen LogP contribution in [0.2, 0.25) is 0 Å². The molecule has 0 bridgehead atoms. The van der Waals surface area contributed by atoms with Gasteiger partial charge in [-0.15, -0.1) is 0 Å². The number of nitrogens with one attached hydrogen (secondary N) is 1. The summed E-state index contributed by atoms with van der Waals surface area (Å²) < 4.78 is 0. The first-order valence-corrected chi connectivity index (χ1v) is 8.11. The van der Waals surface area contributed by atoms with E-state index in [2.05, 4.69) is 5.32 Å². The smallest absolute Gasteiger partial charge is 0.320 e. The third kappa shape index (κ3) is 3.25. The fourth-order valence-electron chi connectivity index (χ4n) is 3.28. The van der Waals surface area contributed by atoms with Crippen molar-refractivity contribution in [2.75, 3.05) is 25.5 Å². The highest BCUT2D eigenvalue weighted by molar-refractivity contribution is 6.21. The van der Waals surface area contributed by atoms with Gasteiger partial charge < -0.3 is 10.4 Å². The second-order valence-corrected chi connectivity index (χ2v) is 6.30. The highest BCUT2D eigenvalue weighted by atomic mass is 16.4. The molecule has 8 heteroatoms. The lowest BCUT2D eigenvalue weighted by Gasteiger charge is -2.32. The van der Waals surface area contributed by atoms with Gasteiger partial charge in [-0.2, -0.15) is 0 Å². The minimum Gasteiger partial charge on any atom is -0.480 e. The first-order valence-electron chi connectivity index (χ1n) is 8.11. The molecule has 2 N–H and O–H groups in total. The van der Waals surface area contributed by atoms with E-state index in [-0.39, 0.29) is 23.9 Å². The number of amides is 3. The molecular weight excluding hydrogens is 326 g/mol. The summed E-state index contributed by atoms with van der Waals surface area (Å²) in [6.45, 7) is 0.535. The van der Waals surface area contributed by atoms with E-state index in [0.717, 1.165) is 17.7 Å². The van der Waals surface area contributed by atoms with Crippen molar-refractivity contribution in [1.29, 1.82) is 0 Å². The van der Waals surface area contributed by atoms with Crippen LogP contribution >= 0.6 is 0 Å². The van der Waals surface area contributed by atoms with E-state index in [9.17, 15) is 24.3 Å². The number of nitrogens with zero attached hydrogens (tertiary/aromatic N) is 2. The lowest BCUT2D eigenvalue weighted by molar-refractivity contribution is -0.145. The molecule has 3 amide bonds. The number of hydrogen-bond donors (Lipinski definition) is 2. The molecule has 0 spiro atoms. The number of carbonyl (C=O) groups is 4. The zero-order chi connectivity index (χ0) is 18.1. The van der Waals surface area contributed by atoms with Crippen LogP contribution in [-0.4, -0.2) is 64.8 Å². The molecule has 1 saturated heterocycles. The van der Waals surface area contributed by atoms with Gasteiger partial charge in [0.1, 0.15) is 6.04 Å². The zero-order valence-corrected chi connectivity index (χ0v) is 13.8. The summed E-state index contributed by atoms with van der Waals surface area (Å²) in [5.41, 5.74) is 0.975. The molecule has 0 aliphatic carbocycles. The molecular formula is C17H19N3O5. The van der Waals surface area contributed by atoms with Crippen molar-refractivity contribution in [2.45, 2.75) is 25.3 Å². The Morgan fingerprint density at radius 2 is 1.92 bits per heavy atom. The van der Waals surface area contributed by atoms with E-state index >= 15 is 0 Å². The van der Waals surface area contributed by atoms with Crippen molar-refractivity contribution in [1.82, 2.24) is 9.80 Å². The van der Waals surface area contributed by atoms with Gasteiger partial charge in [-0.25, -0.2) is 0 Å². The van der Waals surface area contributed by atoms with Crippen LogP contribution in [0.25, 0.3) is 0 Å². The maximum atomic E-state index is 12.3. The Morgan fingerprint density at radius 1 is 1.20 bits per heavy atom. The number of benzene rings is 1.